The predicted molar refractivity (Wildman–Crippen MR) is 35.4 cm³/mol. The molecule has 0 aliphatic carbocycles. The molecule has 2 heteroatoms. The average Bonchev–Trinajstić information content (AvgIpc) is 1.90. The van der Waals surface area contributed by atoms with Crippen LogP contribution in [0, 0.1) is 0 Å². The molecular weight excluding hydrogens is 114 g/mol. The lowest BCUT2D eigenvalue weighted by molar-refractivity contribution is -0.765. The number of carbonyl (C=O) groups excluding carboxylic acids is 1. The molecule has 1 atom stereocenters. The first kappa shape index (κ1) is 6.23. The van der Waals surface area contributed by atoms with Crippen molar-refractivity contribution in [2.24, 2.45) is 0 Å². The van der Waals surface area contributed by atoms with Crippen LogP contribution in [-0.4, -0.2) is 24.5 Å². The fourth-order valence-corrected chi connectivity index (χ4v) is 0.752. The Kier molecular flexibility index (Phi) is 1.49. The van der Waals surface area contributed by atoms with E-state index in [1.54, 1.807) is 0 Å². The minimum atomic E-state index is 0.372. The molecule has 1 aliphatic rings. The van der Waals surface area contributed by atoms with Gasteiger partial charge in [0, 0.05) is 0 Å². The van der Waals surface area contributed by atoms with E-state index in [-0.39, 0.29) is 0 Å². The van der Waals surface area contributed by atoms with Gasteiger partial charge in [0.25, 0.3) is 0 Å². The van der Waals surface area contributed by atoms with Crippen LogP contribution in [0.3, 0.4) is 0 Å². The maximum Gasteiger partial charge on any atom is 0.306 e. The molecule has 0 aromatic heterocycles. The Morgan fingerprint density at radius 1 is 1.56 bits per heavy atom. The van der Waals surface area contributed by atoms with Gasteiger partial charge in [-0.15, -0.1) is 0 Å². The molecule has 48 valence electrons. The van der Waals surface area contributed by atoms with Gasteiger partial charge in [-0.25, -0.2) is 9.28 Å². The van der Waals surface area contributed by atoms with Crippen LogP contribution in [0.25, 0.3) is 0 Å². The molecule has 0 saturated heterocycles. The summed E-state index contributed by atoms with van der Waals surface area (Å²) in [6.07, 6.45) is 8.61. The quantitative estimate of drug-likeness (QED) is 0.371. The number of hydrogen-bond acceptors (Lipinski definition) is 1. The molecule has 0 spiro atoms. The van der Waals surface area contributed by atoms with E-state index < -0.39 is 0 Å². The topological polar surface area (TPSA) is 17.1 Å². The summed E-state index contributed by atoms with van der Waals surface area (Å²) in [6.45, 7) is 0.778. The first-order valence-corrected chi connectivity index (χ1v) is 2.92. The molecule has 9 heavy (non-hydrogen) atoms. The minimum Gasteiger partial charge on any atom is -0.236 e. The Morgan fingerprint density at radius 2 is 2.33 bits per heavy atom. The lowest BCUT2D eigenvalue weighted by atomic mass is 10.3. The fraction of sp³-hybridized carbons (Fsp3) is 0.286. The highest BCUT2D eigenvalue weighted by atomic mass is 16.1. The zero-order valence-electron chi connectivity index (χ0n) is 5.45. The summed E-state index contributed by atoms with van der Waals surface area (Å²) in [5, 5.41) is 0. The Labute approximate surface area is 54.7 Å². The van der Waals surface area contributed by atoms with Crippen molar-refractivity contribution in [3.8, 4) is 0 Å². The first-order chi connectivity index (χ1) is 4.27. The molecule has 1 unspecified atom stereocenters. The van der Waals surface area contributed by atoms with Gasteiger partial charge in [0.2, 0.25) is 0 Å². The molecular formula is C7H10NO+. The van der Waals surface area contributed by atoms with Crippen molar-refractivity contribution in [1.29, 1.82) is 0 Å². The smallest absolute Gasteiger partial charge is 0.236 e. The molecule has 0 aromatic carbocycles. The molecule has 0 bridgehead atoms. The lowest BCUT2D eigenvalue weighted by Gasteiger charge is -2.21. The molecule has 0 saturated carbocycles. The highest BCUT2D eigenvalue weighted by Gasteiger charge is 2.15. The molecule has 1 amide bonds. The maximum atomic E-state index is 10.4. The summed E-state index contributed by atoms with van der Waals surface area (Å²) in [7, 11) is 1.87. The Morgan fingerprint density at radius 3 is 2.67 bits per heavy atom. The van der Waals surface area contributed by atoms with Gasteiger partial charge >= 0.3 is 6.41 Å². The Bertz CT molecular complexity index is 172. The van der Waals surface area contributed by atoms with E-state index in [1.807, 2.05) is 31.5 Å². The second-order valence-electron chi connectivity index (χ2n) is 2.40. The van der Waals surface area contributed by atoms with Crippen LogP contribution in [0.4, 0.5) is 0 Å². The van der Waals surface area contributed by atoms with Gasteiger partial charge in [-0.05, 0) is 12.2 Å². The average molecular weight is 124 g/mol. The monoisotopic (exact) mass is 124 g/mol. The van der Waals surface area contributed by atoms with E-state index >= 15 is 0 Å². The summed E-state index contributed by atoms with van der Waals surface area (Å²) in [5.41, 5.74) is 0. The Balaban J connectivity index is 2.73. The highest BCUT2D eigenvalue weighted by molar-refractivity contribution is 5.39. The van der Waals surface area contributed by atoms with Crippen molar-refractivity contribution in [2.45, 2.75) is 0 Å². The largest absolute Gasteiger partial charge is 0.306 e. The fourth-order valence-electron chi connectivity index (χ4n) is 0.752. The van der Waals surface area contributed by atoms with E-state index in [0.717, 1.165) is 13.0 Å². The van der Waals surface area contributed by atoms with Gasteiger partial charge in [-0.1, -0.05) is 6.08 Å². The van der Waals surface area contributed by atoms with E-state index in [4.69, 9.17) is 0 Å². The predicted octanol–water partition coefficient (Wildman–Crippen LogP) is 0.673. The summed E-state index contributed by atoms with van der Waals surface area (Å²) in [4.78, 5) is 10.4. The van der Waals surface area contributed by atoms with E-state index in [0.29, 0.717) is 4.48 Å². The number of amides is 1. The SMILES string of the molecule is C[N+]1(C=O)C=CC=CC1. The Hall–Kier alpha value is -0.890. The zero-order valence-corrected chi connectivity index (χ0v) is 5.45. The molecule has 1 aliphatic heterocycles. The van der Waals surface area contributed by atoms with Crippen molar-refractivity contribution in [3.05, 3.63) is 24.4 Å². The second-order valence-corrected chi connectivity index (χ2v) is 2.40. The van der Waals surface area contributed by atoms with Crippen LogP contribution in [-0.2, 0) is 4.79 Å². The number of nitrogens with zero attached hydrogens (tertiary/aromatic N) is 1. The zero-order chi connectivity index (χ0) is 6.74. The van der Waals surface area contributed by atoms with Gasteiger partial charge in [-0.3, -0.25) is 0 Å². The van der Waals surface area contributed by atoms with Gasteiger partial charge in [0.1, 0.15) is 12.7 Å². The maximum absolute atomic E-state index is 10.4. The minimum absolute atomic E-state index is 0.372. The van der Waals surface area contributed by atoms with Crippen molar-refractivity contribution < 1.29 is 9.28 Å². The standard InChI is InChI=1S/C7H10NO/c1-8(7-9)5-3-2-4-6-8/h2-5,7H,6H2,1H3/q+1. The number of hydrogen-bond donors (Lipinski definition) is 0. The van der Waals surface area contributed by atoms with Crippen molar-refractivity contribution in [1.82, 2.24) is 0 Å². The number of rotatable bonds is 1. The lowest BCUT2D eigenvalue weighted by Crippen LogP contribution is -2.37. The molecule has 1 heterocycles. The van der Waals surface area contributed by atoms with Crippen LogP contribution >= 0.6 is 0 Å². The molecule has 0 fully saturated rings. The third-order valence-electron chi connectivity index (χ3n) is 1.41. The number of quaternary nitrogens is 1. The molecule has 1 rings (SSSR count). The van der Waals surface area contributed by atoms with Crippen molar-refractivity contribution in [2.75, 3.05) is 13.6 Å². The number of allylic oxidation sites excluding steroid dienone is 2. The summed E-state index contributed by atoms with van der Waals surface area (Å²) >= 11 is 0. The third kappa shape index (κ3) is 1.27. The third-order valence-corrected chi connectivity index (χ3v) is 1.41. The van der Waals surface area contributed by atoms with E-state index in [1.165, 1.54) is 0 Å². The van der Waals surface area contributed by atoms with Crippen LogP contribution in [0.1, 0.15) is 0 Å². The van der Waals surface area contributed by atoms with Gasteiger partial charge in [0.15, 0.2) is 0 Å². The number of carbonyl (C=O) groups is 1. The van der Waals surface area contributed by atoms with Crippen LogP contribution in [0.15, 0.2) is 24.4 Å². The summed E-state index contributed by atoms with van der Waals surface area (Å²) in [5.74, 6) is 0. The van der Waals surface area contributed by atoms with E-state index in [2.05, 4.69) is 0 Å². The number of likely N-dealkylation sites (N-methyl/N-ethyl adjacent to an activating group) is 1. The van der Waals surface area contributed by atoms with Gasteiger partial charge in [0.05, 0.1) is 7.05 Å². The molecule has 0 radical (unpaired) electrons. The van der Waals surface area contributed by atoms with Crippen LogP contribution in [0.5, 0.6) is 0 Å². The summed E-state index contributed by atoms with van der Waals surface area (Å²) in [6, 6.07) is 0. The van der Waals surface area contributed by atoms with Gasteiger partial charge in [-0.2, -0.15) is 0 Å². The highest BCUT2D eigenvalue weighted by Crippen LogP contribution is 2.03. The first-order valence-electron chi connectivity index (χ1n) is 2.92. The molecule has 0 N–H and O–H groups in total. The van der Waals surface area contributed by atoms with Crippen LogP contribution < -0.4 is 0 Å². The molecule has 2 nitrogen and oxygen atoms in total. The van der Waals surface area contributed by atoms with Gasteiger partial charge < -0.3 is 0 Å². The summed E-state index contributed by atoms with van der Waals surface area (Å²) < 4.78 is 0.372. The molecule has 0 aromatic rings. The van der Waals surface area contributed by atoms with E-state index in [9.17, 15) is 4.79 Å². The van der Waals surface area contributed by atoms with Crippen LogP contribution in [0.2, 0.25) is 0 Å². The second kappa shape index (κ2) is 2.15. The van der Waals surface area contributed by atoms with Crippen molar-refractivity contribution in [3.63, 3.8) is 0 Å². The van der Waals surface area contributed by atoms with Crippen molar-refractivity contribution >= 4 is 6.41 Å². The normalized spacial score (nSPS) is 32.6.